The number of rotatable bonds is 7. The third-order valence-electron chi connectivity index (χ3n) is 3.36. The van der Waals surface area contributed by atoms with Crippen LogP contribution in [0.1, 0.15) is 23.7 Å². The van der Waals surface area contributed by atoms with E-state index in [0.29, 0.717) is 43.6 Å². The number of halogens is 2. The van der Waals surface area contributed by atoms with E-state index in [1.807, 2.05) is 6.07 Å². The molecule has 0 saturated heterocycles. The fourth-order valence-corrected chi connectivity index (χ4v) is 2.49. The van der Waals surface area contributed by atoms with Crippen LogP contribution in [-0.2, 0) is 12.8 Å². The summed E-state index contributed by atoms with van der Waals surface area (Å²) in [5, 5.41) is 10.1. The zero-order valence-corrected chi connectivity index (χ0v) is 15.4. The van der Waals surface area contributed by atoms with Gasteiger partial charge in [0.2, 0.25) is 5.89 Å². The fourth-order valence-electron chi connectivity index (χ4n) is 2.16. The first kappa shape index (κ1) is 18.4. The van der Waals surface area contributed by atoms with Crippen LogP contribution in [0.5, 0.6) is 0 Å². The molecule has 6 nitrogen and oxygen atoms in total. The van der Waals surface area contributed by atoms with Gasteiger partial charge in [0.25, 0.3) is 0 Å². The van der Waals surface area contributed by atoms with Gasteiger partial charge < -0.3 is 15.2 Å². The van der Waals surface area contributed by atoms with E-state index < -0.39 is 0 Å². The van der Waals surface area contributed by atoms with Gasteiger partial charge in [0, 0.05) is 31.0 Å². The van der Waals surface area contributed by atoms with Crippen LogP contribution in [0.15, 0.2) is 32.2 Å². The molecule has 0 unspecified atom stereocenters. The number of hydrogen-bond acceptors (Lipinski definition) is 4. The molecule has 8 heteroatoms. The maximum atomic E-state index is 13.7. The highest BCUT2D eigenvalue weighted by Crippen LogP contribution is 2.16. The molecular weight excluding hydrogens is 377 g/mol. The van der Waals surface area contributed by atoms with E-state index in [4.69, 9.17) is 4.52 Å². The second-order valence-electron chi connectivity index (χ2n) is 5.25. The van der Waals surface area contributed by atoms with Crippen LogP contribution < -0.4 is 10.6 Å². The zero-order chi connectivity index (χ0) is 17.4. The lowest BCUT2D eigenvalue weighted by Gasteiger charge is -2.11. The average Bonchev–Trinajstić information content (AvgIpc) is 2.96. The normalized spacial score (nSPS) is 11.6. The van der Waals surface area contributed by atoms with Crippen molar-refractivity contribution in [2.75, 3.05) is 20.1 Å². The van der Waals surface area contributed by atoms with Crippen LogP contribution in [0.3, 0.4) is 0 Å². The highest BCUT2D eigenvalue weighted by Gasteiger charge is 2.05. The molecule has 1 aromatic carbocycles. The van der Waals surface area contributed by atoms with E-state index in [1.54, 1.807) is 20.0 Å². The summed E-state index contributed by atoms with van der Waals surface area (Å²) in [4.78, 5) is 8.29. The van der Waals surface area contributed by atoms with Crippen molar-refractivity contribution in [2.45, 2.75) is 26.2 Å². The van der Waals surface area contributed by atoms with Gasteiger partial charge in [-0.05, 0) is 37.5 Å². The molecule has 24 heavy (non-hydrogen) atoms. The maximum Gasteiger partial charge on any atom is 0.228 e. The van der Waals surface area contributed by atoms with Crippen LogP contribution in [0.2, 0.25) is 0 Å². The first-order chi connectivity index (χ1) is 11.6. The van der Waals surface area contributed by atoms with Crippen molar-refractivity contribution in [1.29, 1.82) is 0 Å². The van der Waals surface area contributed by atoms with Crippen molar-refractivity contribution in [1.82, 2.24) is 20.8 Å². The Kier molecular flexibility index (Phi) is 7.17. The van der Waals surface area contributed by atoms with Crippen LogP contribution in [0.4, 0.5) is 4.39 Å². The van der Waals surface area contributed by atoms with E-state index >= 15 is 0 Å². The minimum absolute atomic E-state index is 0.179. The molecule has 0 saturated carbocycles. The summed E-state index contributed by atoms with van der Waals surface area (Å²) < 4.78 is 19.5. The molecule has 2 N–H and O–H groups in total. The van der Waals surface area contributed by atoms with Crippen molar-refractivity contribution < 1.29 is 8.91 Å². The Morgan fingerprint density at radius 2 is 2.08 bits per heavy atom. The molecule has 2 aromatic rings. The van der Waals surface area contributed by atoms with Crippen molar-refractivity contribution in [3.05, 3.63) is 45.8 Å². The second-order valence-corrected chi connectivity index (χ2v) is 6.17. The third-order valence-corrected chi connectivity index (χ3v) is 3.85. The van der Waals surface area contributed by atoms with Gasteiger partial charge in [0.1, 0.15) is 5.82 Å². The molecule has 130 valence electrons. The number of nitrogens with one attached hydrogen (secondary N) is 2. The van der Waals surface area contributed by atoms with Gasteiger partial charge in [0.05, 0.1) is 0 Å². The Morgan fingerprint density at radius 3 is 2.75 bits per heavy atom. The molecule has 1 heterocycles. The largest absolute Gasteiger partial charge is 0.356 e. The SMILES string of the molecule is CN=C(NCCCc1ccc(Br)cc1F)NCCc1nc(C)no1. The topological polar surface area (TPSA) is 75.3 Å². The third kappa shape index (κ3) is 5.92. The van der Waals surface area contributed by atoms with Crippen molar-refractivity contribution in [3.63, 3.8) is 0 Å². The lowest BCUT2D eigenvalue weighted by Crippen LogP contribution is -2.38. The Balaban J connectivity index is 1.66. The van der Waals surface area contributed by atoms with Gasteiger partial charge in [-0.2, -0.15) is 4.98 Å². The molecule has 1 aromatic heterocycles. The summed E-state index contributed by atoms with van der Waals surface area (Å²) in [5.74, 6) is 1.75. The van der Waals surface area contributed by atoms with Crippen molar-refractivity contribution >= 4 is 21.9 Å². The number of benzene rings is 1. The van der Waals surface area contributed by atoms with Crippen molar-refractivity contribution in [3.8, 4) is 0 Å². The predicted molar refractivity (Wildman–Crippen MR) is 94.5 cm³/mol. The number of guanidine groups is 1. The quantitative estimate of drug-likeness (QED) is 0.426. The van der Waals surface area contributed by atoms with Crippen molar-refractivity contribution in [2.24, 2.45) is 4.99 Å². The smallest absolute Gasteiger partial charge is 0.228 e. The van der Waals surface area contributed by atoms with E-state index in [-0.39, 0.29) is 5.82 Å². The second kappa shape index (κ2) is 9.36. The van der Waals surface area contributed by atoms with E-state index in [9.17, 15) is 4.39 Å². The zero-order valence-electron chi connectivity index (χ0n) is 13.8. The summed E-state index contributed by atoms with van der Waals surface area (Å²) >= 11 is 3.26. The van der Waals surface area contributed by atoms with Crippen LogP contribution in [0, 0.1) is 12.7 Å². The number of hydrogen-bond donors (Lipinski definition) is 2. The molecule has 0 amide bonds. The van der Waals surface area contributed by atoms with Gasteiger partial charge in [-0.25, -0.2) is 4.39 Å². The first-order valence-corrected chi connectivity index (χ1v) is 8.55. The van der Waals surface area contributed by atoms with Crippen LogP contribution in [-0.4, -0.2) is 36.2 Å². The number of nitrogens with zero attached hydrogens (tertiary/aromatic N) is 3. The molecule has 0 spiro atoms. The van der Waals surface area contributed by atoms with Crippen LogP contribution >= 0.6 is 15.9 Å². The summed E-state index contributed by atoms with van der Waals surface area (Å²) in [6.45, 7) is 3.13. The molecule has 0 aliphatic carbocycles. The van der Waals surface area contributed by atoms with E-state index in [1.165, 1.54) is 6.07 Å². The summed E-state index contributed by atoms with van der Waals surface area (Å²) in [5.41, 5.74) is 0.717. The molecule has 0 aliphatic heterocycles. The minimum Gasteiger partial charge on any atom is -0.356 e. The first-order valence-electron chi connectivity index (χ1n) is 7.76. The molecular formula is C16H21BrFN5O. The maximum absolute atomic E-state index is 13.7. The molecule has 2 rings (SSSR count). The average molecular weight is 398 g/mol. The highest BCUT2D eigenvalue weighted by molar-refractivity contribution is 9.10. The highest BCUT2D eigenvalue weighted by atomic mass is 79.9. The lowest BCUT2D eigenvalue weighted by molar-refractivity contribution is 0.374. The molecule has 0 aliphatic rings. The monoisotopic (exact) mass is 397 g/mol. The Morgan fingerprint density at radius 1 is 1.29 bits per heavy atom. The summed E-state index contributed by atoms with van der Waals surface area (Å²) in [7, 11) is 1.71. The van der Waals surface area contributed by atoms with Gasteiger partial charge in [-0.3, -0.25) is 4.99 Å². The van der Waals surface area contributed by atoms with Gasteiger partial charge in [-0.1, -0.05) is 27.2 Å². The number of aromatic nitrogens is 2. The van der Waals surface area contributed by atoms with E-state index in [0.717, 1.165) is 16.5 Å². The van der Waals surface area contributed by atoms with Crippen LogP contribution in [0.25, 0.3) is 0 Å². The molecule has 0 bridgehead atoms. The summed E-state index contributed by atoms with van der Waals surface area (Å²) in [6, 6.07) is 5.15. The minimum atomic E-state index is -0.179. The Hall–Kier alpha value is -1.96. The molecule has 0 atom stereocenters. The Labute approximate surface area is 149 Å². The fraction of sp³-hybridized carbons (Fsp3) is 0.438. The van der Waals surface area contributed by atoms with Gasteiger partial charge >= 0.3 is 0 Å². The number of aliphatic imine (C=N–C) groups is 1. The Bertz CT molecular complexity index is 689. The van der Waals surface area contributed by atoms with Gasteiger partial charge in [0.15, 0.2) is 11.8 Å². The van der Waals surface area contributed by atoms with E-state index in [2.05, 4.69) is 41.7 Å². The summed E-state index contributed by atoms with van der Waals surface area (Å²) in [6.07, 6.45) is 2.11. The standard InChI is InChI=1S/C16H21BrFN5O/c1-11-22-15(24-23-11)7-9-21-16(19-2)20-8-3-4-12-5-6-13(17)10-14(12)18/h5-6,10H,3-4,7-9H2,1-2H3,(H2,19,20,21). The lowest BCUT2D eigenvalue weighted by atomic mass is 10.1. The van der Waals surface area contributed by atoms with Gasteiger partial charge in [-0.15, -0.1) is 0 Å². The predicted octanol–water partition coefficient (Wildman–Crippen LogP) is 2.62. The molecule has 0 fully saturated rings. The number of aryl methyl sites for hydroxylation is 2. The molecule has 0 radical (unpaired) electrons.